The van der Waals surface area contributed by atoms with Gasteiger partial charge in [-0.15, -0.1) is 0 Å². The molecule has 11 nitrogen and oxygen atoms in total. The van der Waals surface area contributed by atoms with Crippen molar-refractivity contribution in [2.24, 2.45) is 5.73 Å². The zero-order chi connectivity index (χ0) is 23.7. The molecule has 6 N–H and O–H groups in total. The zero-order valence-corrected chi connectivity index (χ0v) is 18.3. The highest BCUT2D eigenvalue weighted by Gasteiger charge is 2.33. The van der Waals surface area contributed by atoms with Crippen LogP contribution in [0.1, 0.15) is 49.8 Å². The topological polar surface area (TPSA) is 167 Å². The summed E-state index contributed by atoms with van der Waals surface area (Å²) < 4.78 is 4.89. The molecule has 3 atom stereocenters. The number of nitrogens with zero attached hydrogens (tertiary/aromatic N) is 1. The number of carbonyl (C=O) groups excluding carboxylic acids is 2. The summed E-state index contributed by atoms with van der Waals surface area (Å²) in [5.74, 6) is -1.67. The van der Waals surface area contributed by atoms with Crippen molar-refractivity contribution in [3.8, 4) is 0 Å². The van der Waals surface area contributed by atoms with Crippen LogP contribution in [0.3, 0.4) is 0 Å². The van der Waals surface area contributed by atoms with Crippen molar-refractivity contribution in [3.05, 3.63) is 35.4 Å². The van der Waals surface area contributed by atoms with Gasteiger partial charge < -0.3 is 26.2 Å². The molecule has 32 heavy (non-hydrogen) atoms. The highest BCUT2D eigenvalue weighted by molar-refractivity contribution is 5.94. The van der Waals surface area contributed by atoms with Crippen LogP contribution in [0.15, 0.2) is 24.3 Å². The minimum absolute atomic E-state index is 0.00880. The highest BCUT2D eigenvalue weighted by Crippen LogP contribution is 2.34. The second-order valence-corrected chi connectivity index (χ2v) is 7.59. The van der Waals surface area contributed by atoms with E-state index in [-0.39, 0.29) is 43.5 Å². The lowest BCUT2D eigenvalue weighted by molar-refractivity contribution is -0.152. The summed E-state index contributed by atoms with van der Waals surface area (Å²) in [5.41, 5.74) is 7.08. The summed E-state index contributed by atoms with van der Waals surface area (Å²) >= 11 is 0. The predicted octanol–water partition coefficient (Wildman–Crippen LogP) is 1.13. The fourth-order valence-electron chi connectivity index (χ4n) is 3.29. The molecular formula is C21H31N5O6. The Kier molecular flexibility index (Phi) is 9.41. The van der Waals surface area contributed by atoms with E-state index in [1.807, 2.05) is 19.1 Å². The summed E-state index contributed by atoms with van der Waals surface area (Å²) in [4.78, 5) is 41.1. The van der Waals surface area contributed by atoms with E-state index < -0.39 is 18.1 Å². The SMILES string of the molecule is CCCCOC(=O)N[C@@H](CNC(=O)C[C@@H]1C[C@H](c2ccc(C(=N)N)cc2)N(C)O1)C(=O)O. The summed E-state index contributed by atoms with van der Waals surface area (Å²) in [6, 6.07) is 5.89. The van der Waals surface area contributed by atoms with Crippen LogP contribution in [0, 0.1) is 5.41 Å². The summed E-state index contributed by atoms with van der Waals surface area (Å²) in [5, 5.41) is 23.2. The third kappa shape index (κ3) is 7.50. The number of carbonyl (C=O) groups is 3. The van der Waals surface area contributed by atoms with E-state index in [9.17, 15) is 19.5 Å². The molecule has 0 unspecified atom stereocenters. The first-order valence-electron chi connectivity index (χ1n) is 10.5. The van der Waals surface area contributed by atoms with Crippen LogP contribution in [-0.2, 0) is 19.2 Å². The Balaban J connectivity index is 1.82. The molecule has 1 aliphatic heterocycles. The smallest absolute Gasteiger partial charge is 0.407 e. The molecule has 1 aliphatic rings. The Morgan fingerprint density at radius 2 is 2.03 bits per heavy atom. The Labute approximate surface area is 186 Å². The van der Waals surface area contributed by atoms with Crippen molar-refractivity contribution < 1.29 is 29.1 Å². The number of nitrogens with two attached hydrogens (primary N) is 1. The number of carboxylic acid groups (broad SMARTS) is 1. The molecular weight excluding hydrogens is 418 g/mol. The molecule has 0 radical (unpaired) electrons. The molecule has 0 bridgehead atoms. The van der Waals surface area contributed by atoms with Gasteiger partial charge in [-0.2, -0.15) is 5.06 Å². The molecule has 1 fully saturated rings. The van der Waals surface area contributed by atoms with E-state index in [1.54, 1.807) is 24.2 Å². The molecule has 0 saturated carbocycles. The molecule has 0 aliphatic carbocycles. The average Bonchev–Trinajstić information content (AvgIpc) is 3.10. The molecule has 1 heterocycles. The minimum Gasteiger partial charge on any atom is -0.480 e. The van der Waals surface area contributed by atoms with Gasteiger partial charge in [-0.05, 0) is 18.4 Å². The lowest BCUT2D eigenvalue weighted by atomic mass is 9.99. The number of benzene rings is 1. The van der Waals surface area contributed by atoms with Gasteiger partial charge in [-0.1, -0.05) is 37.6 Å². The normalized spacial score (nSPS) is 19.2. The van der Waals surface area contributed by atoms with Gasteiger partial charge in [0.05, 0.1) is 25.2 Å². The molecule has 11 heteroatoms. The van der Waals surface area contributed by atoms with Crippen LogP contribution in [0.5, 0.6) is 0 Å². The van der Waals surface area contributed by atoms with Crippen molar-refractivity contribution in [2.45, 2.75) is 50.8 Å². The average molecular weight is 450 g/mol. The molecule has 176 valence electrons. The number of hydrogen-bond acceptors (Lipinski definition) is 7. The first-order valence-corrected chi connectivity index (χ1v) is 10.5. The Bertz CT molecular complexity index is 815. The van der Waals surface area contributed by atoms with Crippen LogP contribution < -0.4 is 16.4 Å². The molecule has 1 saturated heterocycles. The van der Waals surface area contributed by atoms with Gasteiger partial charge in [0.15, 0.2) is 0 Å². The van der Waals surface area contributed by atoms with Gasteiger partial charge in [0.25, 0.3) is 0 Å². The number of rotatable bonds is 11. The number of nitrogen functional groups attached to an aromatic ring is 1. The molecule has 1 aromatic carbocycles. The third-order valence-electron chi connectivity index (χ3n) is 5.08. The van der Waals surface area contributed by atoms with Crippen molar-refractivity contribution >= 4 is 23.8 Å². The first kappa shape index (κ1) is 25.1. The number of amides is 2. The van der Waals surface area contributed by atoms with E-state index in [4.69, 9.17) is 20.7 Å². The van der Waals surface area contributed by atoms with Crippen LogP contribution in [-0.4, -0.2) is 66.3 Å². The van der Waals surface area contributed by atoms with Crippen LogP contribution >= 0.6 is 0 Å². The summed E-state index contributed by atoms with van der Waals surface area (Å²) in [6.45, 7) is 1.87. The molecule has 1 aromatic rings. The number of carboxylic acids is 1. The maximum atomic E-state index is 12.3. The quantitative estimate of drug-likeness (QED) is 0.190. The zero-order valence-electron chi connectivity index (χ0n) is 18.3. The minimum atomic E-state index is -1.30. The van der Waals surface area contributed by atoms with Crippen LogP contribution in [0.25, 0.3) is 0 Å². The Morgan fingerprint density at radius 1 is 1.34 bits per heavy atom. The van der Waals surface area contributed by atoms with E-state index >= 15 is 0 Å². The standard InChI is InChI=1S/C21H31N5O6/c1-3-4-9-31-21(30)25-16(20(28)29)12-24-18(27)11-15-10-17(26(2)32-15)13-5-7-14(8-6-13)19(22)23/h5-8,15-17H,3-4,9-12H2,1-2H3,(H3,22,23)(H,24,27)(H,25,30)(H,28,29)/t15-,16-,17+/m0/s1. The van der Waals surface area contributed by atoms with Crippen LogP contribution in [0.2, 0.25) is 0 Å². The van der Waals surface area contributed by atoms with E-state index in [0.717, 1.165) is 12.0 Å². The lowest BCUT2D eigenvalue weighted by Gasteiger charge is -2.18. The number of aliphatic carboxylic acids is 1. The number of hydrogen-bond donors (Lipinski definition) is 5. The van der Waals surface area contributed by atoms with Gasteiger partial charge in [0.2, 0.25) is 5.91 Å². The number of ether oxygens (including phenoxy) is 1. The van der Waals surface area contributed by atoms with Gasteiger partial charge in [0, 0.05) is 19.2 Å². The maximum absolute atomic E-state index is 12.3. The van der Waals surface area contributed by atoms with Crippen molar-refractivity contribution in [1.29, 1.82) is 5.41 Å². The van der Waals surface area contributed by atoms with Gasteiger partial charge in [0.1, 0.15) is 11.9 Å². The van der Waals surface area contributed by atoms with Gasteiger partial charge in [-0.3, -0.25) is 15.0 Å². The van der Waals surface area contributed by atoms with E-state index in [1.165, 1.54) is 0 Å². The predicted molar refractivity (Wildman–Crippen MR) is 116 cm³/mol. The van der Waals surface area contributed by atoms with Gasteiger partial charge >= 0.3 is 12.1 Å². The third-order valence-corrected chi connectivity index (χ3v) is 5.08. The second-order valence-electron chi connectivity index (χ2n) is 7.59. The Hall–Kier alpha value is -3.18. The number of hydroxylamine groups is 2. The maximum Gasteiger partial charge on any atom is 0.407 e. The fraction of sp³-hybridized carbons (Fsp3) is 0.524. The van der Waals surface area contributed by atoms with Gasteiger partial charge in [-0.25, -0.2) is 9.59 Å². The van der Waals surface area contributed by atoms with E-state index in [0.29, 0.717) is 18.4 Å². The number of amidine groups is 1. The van der Waals surface area contributed by atoms with Crippen LogP contribution in [0.4, 0.5) is 4.79 Å². The highest BCUT2D eigenvalue weighted by atomic mass is 16.7. The molecule has 0 spiro atoms. The van der Waals surface area contributed by atoms with Crippen molar-refractivity contribution in [3.63, 3.8) is 0 Å². The molecule has 0 aromatic heterocycles. The number of alkyl carbamates (subject to hydrolysis) is 1. The summed E-state index contributed by atoms with van der Waals surface area (Å²) in [6.07, 6.45) is 0.911. The van der Waals surface area contributed by atoms with Crippen molar-refractivity contribution in [1.82, 2.24) is 15.7 Å². The molecule has 2 amide bonds. The monoisotopic (exact) mass is 449 g/mol. The lowest BCUT2D eigenvalue weighted by Crippen LogP contribution is -2.48. The fourth-order valence-corrected chi connectivity index (χ4v) is 3.29. The summed E-state index contributed by atoms with van der Waals surface area (Å²) in [7, 11) is 1.77. The van der Waals surface area contributed by atoms with Crippen molar-refractivity contribution in [2.75, 3.05) is 20.2 Å². The number of nitrogens with one attached hydrogen (secondary N) is 3. The number of unbranched alkanes of at least 4 members (excludes halogenated alkanes) is 1. The van der Waals surface area contributed by atoms with E-state index in [2.05, 4.69) is 10.6 Å². The largest absolute Gasteiger partial charge is 0.480 e. The Morgan fingerprint density at radius 3 is 2.62 bits per heavy atom. The first-order chi connectivity index (χ1) is 15.2. The second kappa shape index (κ2) is 12.0. The molecule has 2 rings (SSSR count).